The number of ketones is 1. The molecular formula is C15H20O4. The third kappa shape index (κ3) is 3.07. The summed E-state index contributed by atoms with van der Waals surface area (Å²) in [7, 11) is 3.16. The predicted octanol–water partition coefficient (Wildman–Crippen LogP) is 2.76. The molecular weight excluding hydrogens is 244 g/mol. The van der Waals surface area contributed by atoms with Crippen molar-refractivity contribution < 1.29 is 19.0 Å². The highest BCUT2D eigenvalue weighted by molar-refractivity contribution is 5.98. The number of aryl methyl sites for hydroxylation is 1. The molecule has 2 rings (SSSR count). The molecule has 1 heterocycles. The van der Waals surface area contributed by atoms with Crippen LogP contribution in [0, 0.1) is 6.92 Å². The monoisotopic (exact) mass is 264 g/mol. The molecule has 0 spiro atoms. The second kappa shape index (κ2) is 6.06. The fourth-order valence-corrected chi connectivity index (χ4v) is 2.40. The molecule has 1 saturated heterocycles. The number of ether oxygens (including phenoxy) is 3. The van der Waals surface area contributed by atoms with Crippen molar-refractivity contribution in [2.75, 3.05) is 20.8 Å². The Balaban J connectivity index is 2.20. The molecule has 1 aromatic carbocycles. The number of benzene rings is 1. The largest absolute Gasteiger partial charge is 0.493 e. The van der Waals surface area contributed by atoms with Crippen LogP contribution < -0.4 is 9.47 Å². The van der Waals surface area contributed by atoms with Gasteiger partial charge in [0.1, 0.15) is 0 Å². The number of methoxy groups -OCH3 is 2. The van der Waals surface area contributed by atoms with E-state index in [1.165, 1.54) is 0 Å². The van der Waals surface area contributed by atoms with Gasteiger partial charge < -0.3 is 14.2 Å². The van der Waals surface area contributed by atoms with Gasteiger partial charge in [0.05, 0.1) is 20.3 Å². The number of rotatable bonds is 5. The van der Waals surface area contributed by atoms with Crippen LogP contribution in [0.3, 0.4) is 0 Å². The summed E-state index contributed by atoms with van der Waals surface area (Å²) in [5.41, 5.74) is 1.59. The van der Waals surface area contributed by atoms with Gasteiger partial charge in [0, 0.05) is 18.6 Å². The van der Waals surface area contributed by atoms with Gasteiger partial charge in [0.25, 0.3) is 0 Å². The highest BCUT2D eigenvalue weighted by Crippen LogP contribution is 2.31. The maximum atomic E-state index is 12.3. The quantitative estimate of drug-likeness (QED) is 0.767. The number of carbonyl (C=O) groups excluding carboxylic acids is 1. The van der Waals surface area contributed by atoms with Gasteiger partial charge in [-0.1, -0.05) is 0 Å². The second-order valence-corrected chi connectivity index (χ2v) is 4.78. The molecule has 1 fully saturated rings. The summed E-state index contributed by atoms with van der Waals surface area (Å²) in [5, 5.41) is 0. The molecule has 1 aliphatic rings. The molecule has 0 N–H and O–H groups in total. The van der Waals surface area contributed by atoms with E-state index in [1.54, 1.807) is 20.3 Å². The summed E-state index contributed by atoms with van der Waals surface area (Å²) in [4.78, 5) is 12.3. The molecule has 1 aromatic rings. The molecule has 1 unspecified atom stereocenters. The Hall–Kier alpha value is -1.55. The fraction of sp³-hybridized carbons (Fsp3) is 0.533. The third-order valence-electron chi connectivity index (χ3n) is 3.47. The number of hydrogen-bond donors (Lipinski definition) is 0. The van der Waals surface area contributed by atoms with Crippen molar-refractivity contribution in [2.45, 2.75) is 32.3 Å². The maximum absolute atomic E-state index is 12.3. The van der Waals surface area contributed by atoms with Crippen molar-refractivity contribution in [3.05, 3.63) is 23.3 Å². The van der Waals surface area contributed by atoms with Gasteiger partial charge in [-0.15, -0.1) is 0 Å². The van der Waals surface area contributed by atoms with Gasteiger partial charge in [0.2, 0.25) is 0 Å². The predicted molar refractivity (Wildman–Crippen MR) is 72.2 cm³/mol. The first-order valence-corrected chi connectivity index (χ1v) is 6.53. The lowest BCUT2D eigenvalue weighted by atomic mass is 9.99. The van der Waals surface area contributed by atoms with Crippen molar-refractivity contribution in [2.24, 2.45) is 0 Å². The molecule has 0 aromatic heterocycles. The SMILES string of the molecule is COc1cc(C)c(C(=O)CC2CCCO2)cc1OC. The third-order valence-corrected chi connectivity index (χ3v) is 3.47. The zero-order valence-corrected chi connectivity index (χ0v) is 11.7. The van der Waals surface area contributed by atoms with Crippen LogP contribution in [0.5, 0.6) is 11.5 Å². The molecule has 1 aliphatic heterocycles. The Morgan fingerprint density at radius 1 is 1.32 bits per heavy atom. The van der Waals surface area contributed by atoms with Crippen LogP contribution in [0.2, 0.25) is 0 Å². The highest BCUT2D eigenvalue weighted by atomic mass is 16.5. The molecule has 0 amide bonds. The van der Waals surface area contributed by atoms with E-state index in [-0.39, 0.29) is 11.9 Å². The minimum atomic E-state index is 0.0694. The molecule has 0 radical (unpaired) electrons. The summed E-state index contributed by atoms with van der Waals surface area (Å²) in [6, 6.07) is 3.59. The van der Waals surface area contributed by atoms with E-state index in [2.05, 4.69) is 0 Å². The van der Waals surface area contributed by atoms with E-state index in [0.717, 1.165) is 25.0 Å². The number of hydrogen-bond acceptors (Lipinski definition) is 4. The number of Topliss-reactive ketones (excluding diaryl/α,β-unsaturated/α-hetero) is 1. The van der Waals surface area contributed by atoms with E-state index >= 15 is 0 Å². The van der Waals surface area contributed by atoms with Crippen molar-refractivity contribution in [1.82, 2.24) is 0 Å². The zero-order chi connectivity index (χ0) is 13.8. The van der Waals surface area contributed by atoms with E-state index < -0.39 is 0 Å². The van der Waals surface area contributed by atoms with Gasteiger partial charge in [0.15, 0.2) is 17.3 Å². The van der Waals surface area contributed by atoms with Crippen LogP contribution in [0.25, 0.3) is 0 Å². The van der Waals surface area contributed by atoms with Crippen molar-refractivity contribution in [3.8, 4) is 11.5 Å². The standard InChI is InChI=1S/C15H20O4/c1-10-7-14(17-2)15(18-3)9-12(10)13(16)8-11-5-4-6-19-11/h7,9,11H,4-6,8H2,1-3H3. The molecule has 0 saturated carbocycles. The Bertz CT molecular complexity index is 461. The molecule has 1 atom stereocenters. The topological polar surface area (TPSA) is 44.8 Å². The lowest BCUT2D eigenvalue weighted by Gasteiger charge is -2.13. The molecule has 104 valence electrons. The van der Waals surface area contributed by atoms with Crippen LogP contribution in [-0.4, -0.2) is 32.7 Å². The van der Waals surface area contributed by atoms with Gasteiger partial charge in [-0.05, 0) is 37.5 Å². The first-order chi connectivity index (χ1) is 9.15. The van der Waals surface area contributed by atoms with Crippen LogP contribution in [-0.2, 0) is 4.74 Å². The highest BCUT2D eigenvalue weighted by Gasteiger charge is 2.22. The Morgan fingerprint density at radius 2 is 2.00 bits per heavy atom. The zero-order valence-electron chi connectivity index (χ0n) is 11.7. The molecule has 0 aliphatic carbocycles. The fourth-order valence-electron chi connectivity index (χ4n) is 2.40. The molecule has 4 nitrogen and oxygen atoms in total. The summed E-state index contributed by atoms with van der Waals surface area (Å²) < 4.78 is 16.0. The summed E-state index contributed by atoms with van der Waals surface area (Å²) in [6.07, 6.45) is 2.53. The first-order valence-electron chi connectivity index (χ1n) is 6.53. The lowest BCUT2D eigenvalue weighted by molar-refractivity contribution is 0.0775. The summed E-state index contributed by atoms with van der Waals surface area (Å²) >= 11 is 0. The minimum Gasteiger partial charge on any atom is -0.493 e. The normalized spacial score (nSPS) is 18.4. The Morgan fingerprint density at radius 3 is 2.58 bits per heavy atom. The molecule has 0 bridgehead atoms. The summed E-state index contributed by atoms with van der Waals surface area (Å²) in [5.74, 6) is 1.34. The maximum Gasteiger partial charge on any atom is 0.165 e. The van der Waals surface area contributed by atoms with Crippen molar-refractivity contribution in [3.63, 3.8) is 0 Å². The first kappa shape index (κ1) is 13.9. The van der Waals surface area contributed by atoms with Gasteiger partial charge >= 0.3 is 0 Å². The van der Waals surface area contributed by atoms with E-state index in [1.807, 2.05) is 13.0 Å². The molecule has 19 heavy (non-hydrogen) atoms. The smallest absolute Gasteiger partial charge is 0.165 e. The Kier molecular flexibility index (Phi) is 4.43. The van der Waals surface area contributed by atoms with Crippen LogP contribution >= 0.6 is 0 Å². The average molecular weight is 264 g/mol. The molecule has 4 heteroatoms. The van der Waals surface area contributed by atoms with Gasteiger partial charge in [-0.25, -0.2) is 0 Å². The van der Waals surface area contributed by atoms with E-state index in [0.29, 0.717) is 23.5 Å². The van der Waals surface area contributed by atoms with Crippen molar-refractivity contribution in [1.29, 1.82) is 0 Å². The average Bonchev–Trinajstić information content (AvgIpc) is 2.90. The van der Waals surface area contributed by atoms with Gasteiger partial charge in [-0.3, -0.25) is 4.79 Å². The summed E-state index contributed by atoms with van der Waals surface area (Å²) in [6.45, 7) is 2.67. The van der Waals surface area contributed by atoms with Crippen LogP contribution in [0.15, 0.2) is 12.1 Å². The Labute approximate surface area is 113 Å². The minimum absolute atomic E-state index is 0.0694. The lowest BCUT2D eigenvalue weighted by Crippen LogP contribution is -2.13. The van der Waals surface area contributed by atoms with Crippen molar-refractivity contribution >= 4 is 5.78 Å². The van der Waals surface area contributed by atoms with Crippen LogP contribution in [0.1, 0.15) is 35.2 Å². The van der Waals surface area contributed by atoms with E-state index in [9.17, 15) is 4.79 Å². The second-order valence-electron chi connectivity index (χ2n) is 4.78. The van der Waals surface area contributed by atoms with Gasteiger partial charge in [-0.2, -0.15) is 0 Å². The van der Waals surface area contributed by atoms with Crippen LogP contribution in [0.4, 0.5) is 0 Å². The van der Waals surface area contributed by atoms with E-state index in [4.69, 9.17) is 14.2 Å². The number of carbonyl (C=O) groups is 1.